The van der Waals surface area contributed by atoms with Crippen LogP contribution < -0.4 is 14.4 Å². The van der Waals surface area contributed by atoms with Crippen molar-refractivity contribution in [3.8, 4) is 11.5 Å². The van der Waals surface area contributed by atoms with Crippen LogP contribution in [0.1, 0.15) is 0 Å². The summed E-state index contributed by atoms with van der Waals surface area (Å²) < 4.78 is 44.2. The maximum Gasteiger partial charge on any atom is 0.245 e. The number of anilines is 2. The summed E-state index contributed by atoms with van der Waals surface area (Å²) in [7, 11) is -3.79. The zero-order valence-corrected chi connectivity index (χ0v) is 17.5. The number of hydrogen-bond donors (Lipinski definition) is 1. The van der Waals surface area contributed by atoms with E-state index in [1.165, 1.54) is 18.2 Å². The number of carbonyl (C=O) groups excluding carboxylic acids is 1. The normalized spacial score (nSPS) is 11.0. The van der Waals surface area contributed by atoms with Gasteiger partial charge in [0.15, 0.2) is 5.75 Å². The lowest BCUT2D eigenvalue weighted by Crippen LogP contribution is -2.37. The van der Waals surface area contributed by atoms with E-state index in [0.29, 0.717) is 16.5 Å². The van der Waals surface area contributed by atoms with Gasteiger partial charge in [0.25, 0.3) is 0 Å². The second kappa shape index (κ2) is 9.15. The number of carbonyl (C=O) groups is 1. The van der Waals surface area contributed by atoms with Crippen molar-refractivity contribution in [2.24, 2.45) is 0 Å². The summed E-state index contributed by atoms with van der Waals surface area (Å²) in [5.74, 6) is -0.241. The van der Waals surface area contributed by atoms with Crippen LogP contribution in [0.2, 0.25) is 5.02 Å². The Morgan fingerprint density at radius 3 is 2.37 bits per heavy atom. The Labute approximate surface area is 178 Å². The molecule has 0 atom stereocenters. The van der Waals surface area contributed by atoms with Crippen LogP contribution >= 0.6 is 11.6 Å². The summed E-state index contributed by atoms with van der Waals surface area (Å²) in [6.45, 7) is -0.512. The van der Waals surface area contributed by atoms with Crippen LogP contribution in [0.3, 0.4) is 0 Å². The van der Waals surface area contributed by atoms with Gasteiger partial charge in [-0.05, 0) is 54.6 Å². The number of para-hydroxylation sites is 1. The smallest absolute Gasteiger partial charge is 0.245 e. The molecule has 0 radical (unpaired) electrons. The number of nitrogens with zero attached hydrogens (tertiary/aromatic N) is 1. The van der Waals surface area contributed by atoms with E-state index >= 15 is 0 Å². The first kappa shape index (κ1) is 21.6. The largest absolute Gasteiger partial charge is 0.455 e. The molecule has 0 saturated carbocycles. The van der Waals surface area contributed by atoms with E-state index in [2.05, 4.69) is 5.32 Å². The van der Waals surface area contributed by atoms with Gasteiger partial charge in [0, 0.05) is 5.02 Å². The van der Waals surface area contributed by atoms with Crippen LogP contribution in [0.4, 0.5) is 15.8 Å². The van der Waals surface area contributed by atoms with Gasteiger partial charge in [-0.3, -0.25) is 9.10 Å². The highest BCUT2D eigenvalue weighted by molar-refractivity contribution is 7.92. The monoisotopic (exact) mass is 448 g/mol. The maximum atomic E-state index is 13.2. The first-order valence-corrected chi connectivity index (χ1v) is 11.0. The minimum absolute atomic E-state index is 0.168. The van der Waals surface area contributed by atoms with Crippen molar-refractivity contribution >= 4 is 38.9 Å². The van der Waals surface area contributed by atoms with Crippen LogP contribution in [0.15, 0.2) is 72.8 Å². The first-order chi connectivity index (χ1) is 14.2. The Bertz CT molecular complexity index is 1140. The van der Waals surface area contributed by atoms with Crippen LogP contribution in [0, 0.1) is 5.82 Å². The van der Waals surface area contributed by atoms with E-state index in [-0.39, 0.29) is 11.4 Å². The zero-order chi connectivity index (χ0) is 21.7. The average Bonchev–Trinajstić information content (AvgIpc) is 2.69. The molecular formula is C21H18ClFN2O4S. The van der Waals surface area contributed by atoms with Crippen molar-refractivity contribution in [1.29, 1.82) is 0 Å². The highest BCUT2D eigenvalue weighted by Crippen LogP contribution is 2.32. The number of nitrogens with one attached hydrogen (secondary N) is 1. The fourth-order valence-electron chi connectivity index (χ4n) is 2.63. The topological polar surface area (TPSA) is 75.7 Å². The molecule has 0 aliphatic heterocycles. The molecule has 1 amide bonds. The Balaban J connectivity index is 1.82. The maximum absolute atomic E-state index is 13.2. The molecule has 156 valence electrons. The minimum Gasteiger partial charge on any atom is -0.455 e. The van der Waals surface area contributed by atoms with E-state index in [4.69, 9.17) is 16.3 Å². The molecule has 0 heterocycles. The van der Waals surface area contributed by atoms with Crippen LogP contribution in [-0.2, 0) is 14.8 Å². The van der Waals surface area contributed by atoms with Crippen molar-refractivity contribution < 1.29 is 22.3 Å². The van der Waals surface area contributed by atoms with Crippen molar-refractivity contribution in [3.05, 3.63) is 83.6 Å². The standard InChI is InChI=1S/C21H18ClFN2O4S/c1-30(27,28)25(17-10-8-16(23)9-11-17)14-21(26)24-19-13-15(22)7-12-20(19)29-18-5-3-2-4-6-18/h2-13H,14H2,1H3,(H,24,26). The molecule has 6 nitrogen and oxygen atoms in total. The van der Waals surface area contributed by atoms with Gasteiger partial charge < -0.3 is 10.1 Å². The van der Waals surface area contributed by atoms with E-state index in [9.17, 15) is 17.6 Å². The predicted octanol–water partition coefficient (Wildman–Crippen LogP) is 4.68. The van der Waals surface area contributed by atoms with E-state index < -0.39 is 28.3 Å². The molecule has 30 heavy (non-hydrogen) atoms. The first-order valence-electron chi connectivity index (χ1n) is 8.78. The summed E-state index contributed by atoms with van der Waals surface area (Å²) in [4.78, 5) is 12.6. The van der Waals surface area contributed by atoms with Gasteiger partial charge in [0.1, 0.15) is 18.1 Å². The van der Waals surface area contributed by atoms with Gasteiger partial charge in [0.2, 0.25) is 15.9 Å². The Hall–Kier alpha value is -3.10. The van der Waals surface area contributed by atoms with Gasteiger partial charge in [-0.1, -0.05) is 29.8 Å². The van der Waals surface area contributed by atoms with Gasteiger partial charge in [-0.25, -0.2) is 12.8 Å². The summed E-state index contributed by atoms with van der Waals surface area (Å²) in [5.41, 5.74) is 0.449. The van der Waals surface area contributed by atoms with E-state index in [0.717, 1.165) is 22.7 Å². The quantitative estimate of drug-likeness (QED) is 0.569. The predicted molar refractivity (Wildman–Crippen MR) is 115 cm³/mol. The lowest BCUT2D eigenvalue weighted by atomic mass is 10.2. The zero-order valence-electron chi connectivity index (χ0n) is 15.9. The van der Waals surface area contributed by atoms with Crippen LogP contribution in [0.25, 0.3) is 0 Å². The molecule has 3 rings (SSSR count). The Morgan fingerprint density at radius 1 is 1.07 bits per heavy atom. The third-order valence-corrected chi connectivity index (χ3v) is 5.36. The van der Waals surface area contributed by atoms with Gasteiger partial charge in [-0.15, -0.1) is 0 Å². The molecule has 0 fully saturated rings. The van der Waals surface area contributed by atoms with Crippen molar-refractivity contribution in [2.45, 2.75) is 0 Å². The average molecular weight is 449 g/mol. The van der Waals surface area contributed by atoms with E-state index in [1.54, 1.807) is 36.4 Å². The van der Waals surface area contributed by atoms with Crippen LogP contribution in [0.5, 0.6) is 11.5 Å². The number of ether oxygens (including phenoxy) is 1. The molecule has 0 aromatic heterocycles. The van der Waals surface area contributed by atoms with Crippen molar-refractivity contribution in [3.63, 3.8) is 0 Å². The fraction of sp³-hybridized carbons (Fsp3) is 0.0952. The van der Waals surface area contributed by atoms with Gasteiger partial charge in [-0.2, -0.15) is 0 Å². The number of halogens is 2. The number of benzene rings is 3. The molecule has 1 N–H and O–H groups in total. The SMILES string of the molecule is CS(=O)(=O)N(CC(=O)Nc1cc(Cl)ccc1Oc1ccccc1)c1ccc(F)cc1. The molecule has 0 saturated heterocycles. The molecule has 0 bridgehead atoms. The molecule has 0 aliphatic carbocycles. The summed E-state index contributed by atoms with van der Waals surface area (Å²) in [6, 6.07) is 18.5. The molecule has 3 aromatic rings. The highest BCUT2D eigenvalue weighted by atomic mass is 35.5. The summed E-state index contributed by atoms with van der Waals surface area (Å²) in [6.07, 6.45) is 0.965. The summed E-state index contributed by atoms with van der Waals surface area (Å²) >= 11 is 6.04. The second-order valence-corrected chi connectivity index (χ2v) is 8.69. The fourth-order valence-corrected chi connectivity index (χ4v) is 3.66. The molecule has 0 spiro atoms. The Morgan fingerprint density at radius 2 is 1.73 bits per heavy atom. The van der Waals surface area contributed by atoms with Crippen molar-refractivity contribution in [2.75, 3.05) is 22.4 Å². The molecule has 9 heteroatoms. The van der Waals surface area contributed by atoms with Crippen molar-refractivity contribution in [1.82, 2.24) is 0 Å². The lowest BCUT2D eigenvalue weighted by molar-refractivity contribution is -0.114. The van der Waals surface area contributed by atoms with E-state index in [1.807, 2.05) is 6.07 Å². The molecule has 0 aliphatic rings. The van der Waals surface area contributed by atoms with Crippen LogP contribution in [-0.4, -0.2) is 27.1 Å². The lowest BCUT2D eigenvalue weighted by Gasteiger charge is -2.22. The Kier molecular flexibility index (Phi) is 6.59. The third-order valence-electron chi connectivity index (χ3n) is 3.99. The van der Waals surface area contributed by atoms with Gasteiger partial charge in [0.05, 0.1) is 17.6 Å². The molecule has 3 aromatic carbocycles. The highest BCUT2D eigenvalue weighted by Gasteiger charge is 2.22. The van der Waals surface area contributed by atoms with Gasteiger partial charge >= 0.3 is 0 Å². The third kappa shape index (κ3) is 5.71. The number of amides is 1. The molecular weight excluding hydrogens is 431 g/mol. The summed E-state index contributed by atoms with van der Waals surface area (Å²) in [5, 5.41) is 2.99. The second-order valence-electron chi connectivity index (χ2n) is 6.35. The minimum atomic E-state index is -3.79. The number of hydrogen-bond acceptors (Lipinski definition) is 4. The number of sulfonamides is 1. The molecule has 0 unspecified atom stereocenters. The number of rotatable bonds is 7.